The minimum atomic E-state index is -0.207. The van der Waals surface area contributed by atoms with E-state index >= 15 is 0 Å². The van der Waals surface area contributed by atoms with Crippen LogP contribution in [0.2, 0.25) is 5.02 Å². The summed E-state index contributed by atoms with van der Waals surface area (Å²) in [6.07, 6.45) is 5.23. The summed E-state index contributed by atoms with van der Waals surface area (Å²) in [4.78, 5) is 27.7. The van der Waals surface area contributed by atoms with Crippen molar-refractivity contribution in [2.24, 2.45) is 0 Å². The number of rotatable bonds is 5. The van der Waals surface area contributed by atoms with Gasteiger partial charge in [0, 0.05) is 30.1 Å². The first-order valence-corrected chi connectivity index (χ1v) is 11.8. The van der Waals surface area contributed by atoms with E-state index in [0.29, 0.717) is 54.0 Å². The number of hydrogen-bond donors (Lipinski definition) is 1. The fraction of sp³-hybridized carbons (Fsp3) is 0.400. The lowest BCUT2D eigenvalue weighted by molar-refractivity contribution is 0.0694. The maximum absolute atomic E-state index is 13.4. The Morgan fingerprint density at radius 2 is 1.85 bits per heavy atom. The molecule has 7 nitrogen and oxygen atoms in total. The lowest BCUT2D eigenvalue weighted by Gasteiger charge is -2.32. The van der Waals surface area contributed by atoms with Gasteiger partial charge in [-0.2, -0.15) is 5.10 Å². The van der Waals surface area contributed by atoms with E-state index in [2.05, 4.69) is 10.4 Å². The van der Waals surface area contributed by atoms with Gasteiger partial charge in [-0.25, -0.2) is 4.68 Å². The molecule has 1 saturated carbocycles. The van der Waals surface area contributed by atoms with Crippen molar-refractivity contribution in [3.8, 4) is 5.69 Å². The van der Waals surface area contributed by atoms with Crippen LogP contribution in [0.4, 0.5) is 0 Å². The maximum Gasteiger partial charge on any atom is 0.287 e. The topological polar surface area (TPSA) is 80.4 Å². The van der Waals surface area contributed by atoms with Gasteiger partial charge in [-0.1, -0.05) is 17.7 Å². The lowest BCUT2D eigenvalue weighted by atomic mass is 10.0. The smallest absolute Gasteiger partial charge is 0.287 e. The number of hydrogen-bond acceptors (Lipinski definition) is 4. The summed E-state index contributed by atoms with van der Waals surface area (Å²) in [5, 5.41) is 8.28. The zero-order valence-electron chi connectivity index (χ0n) is 18.8. The Kier molecular flexibility index (Phi) is 5.74. The van der Waals surface area contributed by atoms with Gasteiger partial charge in [-0.3, -0.25) is 9.59 Å². The molecule has 1 N–H and O–H groups in total. The number of likely N-dealkylation sites (tertiary alicyclic amines) is 1. The molecule has 3 aromatic rings. The second kappa shape index (κ2) is 8.71. The fourth-order valence-electron chi connectivity index (χ4n) is 4.40. The Morgan fingerprint density at radius 3 is 2.48 bits per heavy atom. The molecule has 0 atom stereocenters. The van der Waals surface area contributed by atoms with Crippen molar-refractivity contribution in [2.45, 2.75) is 51.5 Å². The molecule has 1 aliphatic carbocycles. The van der Waals surface area contributed by atoms with Crippen molar-refractivity contribution in [2.75, 3.05) is 13.1 Å². The average molecular weight is 467 g/mol. The molecule has 1 aromatic carbocycles. The molecule has 8 heteroatoms. The van der Waals surface area contributed by atoms with Crippen LogP contribution >= 0.6 is 11.6 Å². The van der Waals surface area contributed by atoms with E-state index in [1.165, 1.54) is 0 Å². The maximum atomic E-state index is 13.4. The van der Waals surface area contributed by atoms with Crippen molar-refractivity contribution in [1.29, 1.82) is 0 Å². The second-order valence-electron chi connectivity index (χ2n) is 9.01. The van der Waals surface area contributed by atoms with Gasteiger partial charge in [-0.05, 0) is 69.4 Å². The number of carbonyl (C=O) groups excluding carboxylic acids is 2. The number of amides is 2. The van der Waals surface area contributed by atoms with E-state index in [1.54, 1.807) is 18.3 Å². The highest BCUT2D eigenvalue weighted by molar-refractivity contribution is 6.31. The van der Waals surface area contributed by atoms with Gasteiger partial charge >= 0.3 is 0 Å². The van der Waals surface area contributed by atoms with Crippen LogP contribution in [0.5, 0.6) is 0 Å². The summed E-state index contributed by atoms with van der Waals surface area (Å²) in [6.45, 7) is 4.96. The summed E-state index contributed by atoms with van der Waals surface area (Å²) in [6, 6.07) is 9.34. The molecule has 33 heavy (non-hydrogen) atoms. The standard InChI is InChI=1S/C25H27ClN4O3/c1-15-3-7-19(13-21(15)26)30-23(17-5-6-17)20(14-27-30)25(32)29-11-9-18(10-12-29)28-24(31)22-8-4-16(2)33-22/h3-4,7-8,13-14,17-18H,5-6,9-12H2,1-2H3,(H,28,31). The predicted molar refractivity (Wildman–Crippen MR) is 125 cm³/mol. The van der Waals surface area contributed by atoms with Gasteiger partial charge in [0.25, 0.3) is 11.8 Å². The van der Waals surface area contributed by atoms with E-state index in [1.807, 2.05) is 41.6 Å². The summed E-state index contributed by atoms with van der Waals surface area (Å²) in [5.74, 6) is 1.18. The predicted octanol–water partition coefficient (Wildman–Crippen LogP) is 4.65. The third-order valence-electron chi connectivity index (χ3n) is 6.48. The number of benzene rings is 1. The van der Waals surface area contributed by atoms with Gasteiger partial charge in [0.1, 0.15) is 5.76 Å². The molecule has 0 radical (unpaired) electrons. The highest BCUT2D eigenvalue weighted by Crippen LogP contribution is 2.43. The molecule has 172 valence electrons. The monoisotopic (exact) mass is 466 g/mol. The third-order valence-corrected chi connectivity index (χ3v) is 6.89. The molecule has 1 aliphatic heterocycles. The molecule has 2 amide bonds. The van der Waals surface area contributed by atoms with Crippen molar-refractivity contribution < 1.29 is 14.0 Å². The minimum absolute atomic E-state index is 0.00722. The van der Waals surface area contributed by atoms with Crippen molar-refractivity contribution in [1.82, 2.24) is 20.0 Å². The summed E-state index contributed by atoms with van der Waals surface area (Å²) in [7, 11) is 0. The Labute approximate surface area is 197 Å². The van der Waals surface area contributed by atoms with Gasteiger partial charge in [-0.15, -0.1) is 0 Å². The van der Waals surface area contributed by atoms with Gasteiger partial charge in [0.05, 0.1) is 23.1 Å². The van der Waals surface area contributed by atoms with E-state index in [4.69, 9.17) is 16.0 Å². The highest BCUT2D eigenvalue weighted by atomic mass is 35.5. The van der Waals surface area contributed by atoms with Gasteiger partial charge in [0.15, 0.2) is 5.76 Å². The molecule has 2 aromatic heterocycles. The van der Waals surface area contributed by atoms with Crippen LogP contribution in [0.1, 0.15) is 69.5 Å². The first-order valence-electron chi connectivity index (χ1n) is 11.4. The number of halogens is 1. The molecule has 2 aliphatic rings. The molecule has 0 unspecified atom stereocenters. The van der Waals surface area contributed by atoms with E-state index in [0.717, 1.165) is 29.8 Å². The van der Waals surface area contributed by atoms with Crippen LogP contribution < -0.4 is 5.32 Å². The molecule has 0 bridgehead atoms. The van der Waals surface area contributed by atoms with Gasteiger partial charge in [0.2, 0.25) is 0 Å². The number of carbonyl (C=O) groups is 2. The zero-order chi connectivity index (χ0) is 23.1. The second-order valence-corrected chi connectivity index (χ2v) is 9.42. The number of piperidine rings is 1. The van der Waals surface area contributed by atoms with Crippen LogP contribution in [0.15, 0.2) is 40.9 Å². The Bertz CT molecular complexity index is 1200. The van der Waals surface area contributed by atoms with Crippen LogP contribution in [-0.2, 0) is 0 Å². The molecular weight excluding hydrogens is 440 g/mol. The molecule has 0 spiro atoms. The van der Waals surface area contributed by atoms with Crippen LogP contribution in [0.3, 0.4) is 0 Å². The molecule has 2 fully saturated rings. The van der Waals surface area contributed by atoms with Crippen molar-refractivity contribution >= 4 is 23.4 Å². The average Bonchev–Trinajstić information content (AvgIpc) is 3.39. The highest BCUT2D eigenvalue weighted by Gasteiger charge is 2.35. The summed E-state index contributed by atoms with van der Waals surface area (Å²) < 4.78 is 7.27. The van der Waals surface area contributed by atoms with Crippen LogP contribution in [0.25, 0.3) is 5.69 Å². The Morgan fingerprint density at radius 1 is 1.09 bits per heavy atom. The molecule has 3 heterocycles. The normalized spacial score (nSPS) is 16.8. The fourth-order valence-corrected chi connectivity index (χ4v) is 4.58. The van der Waals surface area contributed by atoms with Gasteiger partial charge < -0.3 is 14.6 Å². The van der Waals surface area contributed by atoms with Crippen molar-refractivity contribution in [3.05, 3.63) is 69.9 Å². The van der Waals surface area contributed by atoms with Crippen LogP contribution in [-0.4, -0.2) is 45.6 Å². The van der Waals surface area contributed by atoms with E-state index < -0.39 is 0 Å². The number of aromatic nitrogens is 2. The lowest BCUT2D eigenvalue weighted by Crippen LogP contribution is -2.46. The van der Waals surface area contributed by atoms with E-state index in [-0.39, 0.29) is 17.9 Å². The Balaban J connectivity index is 1.28. The zero-order valence-corrected chi connectivity index (χ0v) is 19.6. The number of nitrogens with zero attached hydrogens (tertiary/aromatic N) is 3. The first kappa shape index (κ1) is 21.8. The van der Waals surface area contributed by atoms with E-state index in [9.17, 15) is 9.59 Å². The minimum Gasteiger partial charge on any atom is -0.456 e. The molecule has 1 saturated heterocycles. The number of nitrogens with one attached hydrogen (secondary N) is 1. The first-order chi connectivity index (χ1) is 15.9. The SMILES string of the molecule is Cc1ccc(C(=O)NC2CCN(C(=O)c3cnn(-c4ccc(C)c(Cl)c4)c3C3CC3)CC2)o1. The summed E-state index contributed by atoms with van der Waals surface area (Å²) in [5.41, 5.74) is 3.53. The van der Waals surface area contributed by atoms with Crippen LogP contribution in [0, 0.1) is 13.8 Å². The Hall–Kier alpha value is -3.06. The quantitative estimate of drug-likeness (QED) is 0.593. The molecule has 5 rings (SSSR count). The van der Waals surface area contributed by atoms with Crippen molar-refractivity contribution in [3.63, 3.8) is 0 Å². The third kappa shape index (κ3) is 4.42. The molecular formula is C25H27ClN4O3. The number of furan rings is 1. The number of aryl methyl sites for hydroxylation is 2. The summed E-state index contributed by atoms with van der Waals surface area (Å²) >= 11 is 6.34. The largest absolute Gasteiger partial charge is 0.456 e.